The van der Waals surface area contributed by atoms with Gasteiger partial charge in [-0.1, -0.05) is 18.7 Å². The number of methoxy groups -OCH3 is 4. The summed E-state index contributed by atoms with van der Waals surface area (Å²) in [6, 6.07) is 19.8. The first-order chi connectivity index (χ1) is 16.9. The van der Waals surface area contributed by atoms with Crippen LogP contribution in [0.3, 0.4) is 0 Å². The van der Waals surface area contributed by atoms with E-state index in [0.29, 0.717) is 34.3 Å². The largest absolute Gasteiger partial charge is 0.496 e. The number of hydrogen-bond acceptors (Lipinski definition) is 5. The third-order valence-corrected chi connectivity index (χ3v) is 5.98. The number of benzene rings is 3. The van der Waals surface area contributed by atoms with Crippen LogP contribution in [0.15, 0.2) is 71.7 Å². The van der Waals surface area contributed by atoms with Crippen LogP contribution in [0.5, 0.6) is 23.0 Å². The highest BCUT2D eigenvalue weighted by atomic mass is 16.5. The highest BCUT2D eigenvalue weighted by molar-refractivity contribution is 5.96. The van der Waals surface area contributed by atoms with Crippen molar-refractivity contribution in [2.45, 2.75) is 0 Å². The Morgan fingerprint density at radius 3 is 1.97 bits per heavy atom. The SMILES string of the molecule is C=C(c1ccc(N(C)C)cc1)c1cc(-c2cc(OC)c(OC)c(OC)c2)[o+]c2cc(OC)ccc12. The zero-order valence-corrected chi connectivity index (χ0v) is 21.0. The Labute approximate surface area is 205 Å². The van der Waals surface area contributed by atoms with E-state index in [-0.39, 0.29) is 0 Å². The van der Waals surface area contributed by atoms with Gasteiger partial charge in [0.05, 0.1) is 51.5 Å². The quantitative estimate of drug-likeness (QED) is 0.271. The zero-order chi connectivity index (χ0) is 25.1. The fourth-order valence-electron chi connectivity index (χ4n) is 4.02. The number of rotatable bonds is 8. The molecule has 6 heteroatoms. The first-order valence-corrected chi connectivity index (χ1v) is 11.1. The summed E-state index contributed by atoms with van der Waals surface area (Å²) in [5.74, 6) is 2.94. The predicted octanol–water partition coefficient (Wildman–Crippen LogP) is 6.54. The molecule has 0 unspecified atom stereocenters. The van der Waals surface area contributed by atoms with Crippen molar-refractivity contribution < 1.29 is 23.4 Å². The monoisotopic (exact) mass is 472 g/mol. The lowest BCUT2D eigenvalue weighted by Gasteiger charge is -2.14. The second kappa shape index (κ2) is 9.97. The van der Waals surface area contributed by atoms with E-state index in [1.54, 1.807) is 28.4 Å². The third-order valence-electron chi connectivity index (χ3n) is 5.98. The molecular formula is C29H30NO5+. The lowest BCUT2D eigenvalue weighted by Crippen LogP contribution is -2.08. The average Bonchev–Trinajstić information content (AvgIpc) is 2.90. The van der Waals surface area contributed by atoms with Crippen LogP contribution in [0.25, 0.3) is 27.9 Å². The molecule has 0 radical (unpaired) electrons. The van der Waals surface area contributed by atoms with Crippen molar-refractivity contribution >= 4 is 22.2 Å². The van der Waals surface area contributed by atoms with Crippen molar-refractivity contribution in [3.05, 3.63) is 78.4 Å². The number of ether oxygens (including phenoxy) is 4. The highest BCUT2D eigenvalue weighted by Crippen LogP contribution is 2.43. The molecule has 0 bridgehead atoms. The molecule has 4 aromatic rings. The van der Waals surface area contributed by atoms with Crippen LogP contribution >= 0.6 is 0 Å². The summed E-state index contributed by atoms with van der Waals surface area (Å²) in [6.45, 7) is 4.44. The molecule has 1 aromatic heterocycles. The molecule has 6 nitrogen and oxygen atoms in total. The van der Waals surface area contributed by atoms with Gasteiger partial charge in [-0.25, -0.2) is 4.42 Å². The summed E-state index contributed by atoms with van der Waals surface area (Å²) >= 11 is 0. The predicted molar refractivity (Wildman–Crippen MR) is 141 cm³/mol. The fraction of sp³-hybridized carbons (Fsp3) is 0.207. The van der Waals surface area contributed by atoms with Crippen LogP contribution in [-0.2, 0) is 0 Å². The van der Waals surface area contributed by atoms with Gasteiger partial charge in [0, 0.05) is 37.5 Å². The second-order valence-electron chi connectivity index (χ2n) is 8.22. The van der Waals surface area contributed by atoms with Crippen molar-refractivity contribution in [3.8, 4) is 34.3 Å². The summed E-state index contributed by atoms with van der Waals surface area (Å²) < 4.78 is 28.4. The Balaban J connectivity index is 1.93. The Hall–Kier alpha value is -4.19. The van der Waals surface area contributed by atoms with E-state index in [2.05, 4.69) is 35.7 Å². The second-order valence-corrected chi connectivity index (χ2v) is 8.22. The third kappa shape index (κ3) is 4.60. The van der Waals surface area contributed by atoms with Gasteiger partial charge in [-0.2, -0.15) is 0 Å². The number of fused-ring (bicyclic) bond motifs is 1. The maximum Gasteiger partial charge on any atom is 0.365 e. The molecule has 35 heavy (non-hydrogen) atoms. The molecule has 0 N–H and O–H groups in total. The fourth-order valence-corrected chi connectivity index (χ4v) is 4.02. The minimum atomic E-state index is 0.520. The highest BCUT2D eigenvalue weighted by Gasteiger charge is 2.25. The molecule has 0 aliphatic carbocycles. The lowest BCUT2D eigenvalue weighted by atomic mass is 9.95. The van der Waals surface area contributed by atoms with E-state index in [1.807, 2.05) is 50.5 Å². The molecule has 0 atom stereocenters. The van der Waals surface area contributed by atoms with Gasteiger partial charge in [-0.15, -0.1) is 0 Å². The van der Waals surface area contributed by atoms with Crippen molar-refractivity contribution in [2.75, 3.05) is 47.4 Å². The smallest absolute Gasteiger partial charge is 0.365 e. The summed E-state index contributed by atoms with van der Waals surface area (Å²) in [5.41, 5.74) is 5.44. The maximum absolute atomic E-state index is 6.36. The number of hydrogen-bond donors (Lipinski definition) is 0. The summed E-state index contributed by atoms with van der Waals surface area (Å²) in [6.07, 6.45) is 0. The molecule has 180 valence electrons. The topological polar surface area (TPSA) is 51.5 Å². The van der Waals surface area contributed by atoms with Gasteiger partial charge in [0.2, 0.25) is 5.75 Å². The van der Waals surface area contributed by atoms with Crippen molar-refractivity contribution in [1.82, 2.24) is 0 Å². The molecule has 0 saturated heterocycles. The Morgan fingerprint density at radius 2 is 1.43 bits per heavy atom. The molecular weight excluding hydrogens is 442 g/mol. The molecule has 0 saturated carbocycles. The summed E-state index contributed by atoms with van der Waals surface area (Å²) in [4.78, 5) is 2.07. The van der Waals surface area contributed by atoms with E-state index in [9.17, 15) is 0 Å². The van der Waals surface area contributed by atoms with Gasteiger partial charge in [0.15, 0.2) is 11.5 Å². The molecule has 0 aliphatic rings. The first kappa shape index (κ1) is 24.0. The van der Waals surface area contributed by atoms with Crippen LogP contribution in [0.1, 0.15) is 11.1 Å². The van der Waals surface area contributed by atoms with E-state index in [0.717, 1.165) is 33.3 Å². The van der Waals surface area contributed by atoms with Gasteiger partial charge in [-0.3, -0.25) is 0 Å². The van der Waals surface area contributed by atoms with Crippen molar-refractivity contribution in [1.29, 1.82) is 0 Å². The van der Waals surface area contributed by atoms with Crippen molar-refractivity contribution in [2.24, 2.45) is 0 Å². The van der Waals surface area contributed by atoms with Gasteiger partial charge in [-0.05, 0) is 35.4 Å². The lowest BCUT2D eigenvalue weighted by molar-refractivity contribution is 0.324. The van der Waals surface area contributed by atoms with Crippen LogP contribution in [0.2, 0.25) is 0 Å². The van der Waals surface area contributed by atoms with Crippen LogP contribution in [0.4, 0.5) is 5.69 Å². The number of anilines is 1. The minimum absolute atomic E-state index is 0.520. The molecule has 0 fully saturated rings. The minimum Gasteiger partial charge on any atom is -0.496 e. The average molecular weight is 473 g/mol. The van der Waals surface area contributed by atoms with Gasteiger partial charge in [0.25, 0.3) is 0 Å². The Morgan fingerprint density at radius 1 is 0.771 bits per heavy atom. The first-order valence-electron chi connectivity index (χ1n) is 11.1. The Kier molecular flexibility index (Phi) is 6.82. The van der Waals surface area contributed by atoms with E-state index in [4.69, 9.17) is 23.4 Å². The molecule has 4 rings (SSSR count). The summed E-state index contributed by atoms with van der Waals surface area (Å²) in [5, 5.41) is 0.934. The van der Waals surface area contributed by atoms with E-state index >= 15 is 0 Å². The Bertz CT molecular complexity index is 1350. The van der Waals surface area contributed by atoms with E-state index in [1.165, 1.54) is 0 Å². The van der Waals surface area contributed by atoms with E-state index < -0.39 is 0 Å². The van der Waals surface area contributed by atoms with Gasteiger partial charge in [0.1, 0.15) is 5.75 Å². The van der Waals surface area contributed by atoms with Crippen molar-refractivity contribution in [3.63, 3.8) is 0 Å². The zero-order valence-electron chi connectivity index (χ0n) is 21.0. The van der Waals surface area contributed by atoms with Crippen LogP contribution in [-0.4, -0.2) is 42.5 Å². The molecule has 1 heterocycles. The van der Waals surface area contributed by atoms with Gasteiger partial charge < -0.3 is 23.8 Å². The molecule has 0 spiro atoms. The molecule has 3 aromatic carbocycles. The maximum atomic E-state index is 6.36. The van der Waals surface area contributed by atoms with Crippen LogP contribution < -0.4 is 23.8 Å². The van der Waals surface area contributed by atoms with Crippen LogP contribution in [0, 0.1) is 0 Å². The standard InChI is InChI=1S/C29H30NO5/c1-18(19-8-10-21(11-9-19)30(2)3)24-17-25(35-26-16-22(31-4)12-13-23(24)26)20-14-27(32-5)29(34-7)28(15-20)33-6/h8-17H,1H2,2-7H3/q+1. The van der Waals surface area contributed by atoms with Gasteiger partial charge >= 0.3 is 11.3 Å². The number of nitrogens with zero attached hydrogens (tertiary/aromatic N) is 1. The molecule has 0 amide bonds. The normalized spacial score (nSPS) is 10.7. The summed E-state index contributed by atoms with van der Waals surface area (Å²) in [7, 11) is 10.4. The molecule has 0 aliphatic heterocycles.